The number of methoxy groups -OCH3 is 1. The molecular weight excluding hydrogens is 238 g/mol. The van der Waals surface area contributed by atoms with Gasteiger partial charge in [0, 0.05) is 35.3 Å². The number of hydrogen-bond acceptors (Lipinski definition) is 3. The molecule has 0 fully saturated rings. The van der Waals surface area contributed by atoms with Gasteiger partial charge < -0.3 is 15.8 Å². The maximum atomic E-state index is 13.0. The lowest BCUT2D eigenvalue weighted by Gasteiger charge is -2.09. The van der Waals surface area contributed by atoms with Crippen molar-refractivity contribution in [3.05, 3.63) is 48.0 Å². The van der Waals surface area contributed by atoms with E-state index in [4.69, 9.17) is 10.5 Å². The standard InChI is InChI=1S/C13H12F2N2O/c1-18-13-6-10(16)5-12(7-13)17-11-3-8(14)2-9(15)4-11/h2-7,17H,16H2,1H3. The van der Waals surface area contributed by atoms with E-state index in [0.29, 0.717) is 22.8 Å². The summed E-state index contributed by atoms with van der Waals surface area (Å²) in [6.07, 6.45) is 0. The number of anilines is 3. The fraction of sp³-hybridized carbons (Fsp3) is 0.0769. The quantitative estimate of drug-likeness (QED) is 0.822. The van der Waals surface area contributed by atoms with Crippen LogP contribution in [-0.2, 0) is 0 Å². The Morgan fingerprint density at radius 3 is 2.17 bits per heavy atom. The van der Waals surface area contributed by atoms with Crippen molar-refractivity contribution in [3.8, 4) is 5.75 Å². The van der Waals surface area contributed by atoms with Crippen molar-refractivity contribution in [2.75, 3.05) is 18.2 Å². The minimum Gasteiger partial charge on any atom is -0.497 e. The zero-order chi connectivity index (χ0) is 13.1. The van der Waals surface area contributed by atoms with Crippen LogP contribution < -0.4 is 15.8 Å². The summed E-state index contributed by atoms with van der Waals surface area (Å²) in [5.41, 5.74) is 7.07. The third kappa shape index (κ3) is 2.88. The number of halogens is 2. The van der Waals surface area contributed by atoms with Gasteiger partial charge in [-0.2, -0.15) is 0 Å². The predicted octanol–water partition coefficient (Wildman–Crippen LogP) is 3.30. The molecule has 2 aromatic carbocycles. The summed E-state index contributed by atoms with van der Waals surface area (Å²) in [6, 6.07) is 8.17. The van der Waals surface area contributed by atoms with Crippen molar-refractivity contribution in [2.24, 2.45) is 0 Å². The molecule has 0 spiro atoms. The minimum atomic E-state index is -0.645. The first kappa shape index (κ1) is 12.2. The second kappa shape index (κ2) is 4.91. The summed E-state index contributed by atoms with van der Waals surface area (Å²) in [5.74, 6) is -0.726. The fourth-order valence-corrected chi connectivity index (χ4v) is 1.60. The number of nitrogen functional groups attached to an aromatic ring is 1. The highest BCUT2D eigenvalue weighted by molar-refractivity contribution is 5.66. The number of hydrogen-bond donors (Lipinski definition) is 2. The monoisotopic (exact) mass is 250 g/mol. The average molecular weight is 250 g/mol. The van der Waals surface area contributed by atoms with E-state index in [0.717, 1.165) is 6.07 Å². The van der Waals surface area contributed by atoms with E-state index in [1.54, 1.807) is 18.2 Å². The van der Waals surface area contributed by atoms with Gasteiger partial charge in [0.1, 0.15) is 17.4 Å². The average Bonchev–Trinajstić information content (AvgIpc) is 2.26. The Hall–Kier alpha value is -2.30. The summed E-state index contributed by atoms with van der Waals surface area (Å²) in [5, 5.41) is 2.86. The lowest BCUT2D eigenvalue weighted by Crippen LogP contribution is -1.95. The molecule has 0 radical (unpaired) electrons. The molecule has 0 bridgehead atoms. The van der Waals surface area contributed by atoms with E-state index >= 15 is 0 Å². The van der Waals surface area contributed by atoms with Crippen LogP contribution in [0.3, 0.4) is 0 Å². The van der Waals surface area contributed by atoms with Crippen molar-refractivity contribution < 1.29 is 13.5 Å². The van der Waals surface area contributed by atoms with Crippen LogP contribution in [0.2, 0.25) is 0 Å². The summed E-state index contributed by atoms with van der Waals surface area (Å²) in [7, 11) is 1.51. The van der Waals surface area contributed by atoms with Gasteiger partial charge in [0.15, 0.2) is 0 Å². The molecular formula is C13H12F2N2O. The summed E-state index contributed by atoms with van der Waals surface area (Å²) in [6.45, 7) is 0. The molecule has 18 heavy (non-hydrogen) atoms. The summed E-state index contributed by atoms with van der Waals surface area (Å²) < 4.78 is 31.1. The predicted molar refractivity (Wildman–Crippen MR) is 67.0 cm³/mol. The normalized spacial score (nSPS) is 10.2. The van der Waals surface area contributed by atoms with E-state index in [1.807, 2.05) is 0 Å². The maximum absolute atomic E-state index is 13.0. The molecule has 0 atom stereocenters. The van der Waals surface area contributed by atoms with Gasteiger partial charge in [-0.3, -0.25) is 0 Å². The van der Waals surface area contributed by atoms with Crippen LogP contribution in [0.1, 0.15) is 0 Å². The largest absolute Gasteiger partial charge is 0.497 e. The van der Waals surface area contributed by atoms with Crippen LogP contribution >= 0.6 is 0 Å². The van der Waals surface area contributed by atoms with Crippen molar-refractivity contribution in [2.45, 2.75) is 0 Å². The van der Waals surface area contributed by atoms with Gasteiger partial charge in [0.2, 0.25) is 0 Å². The van der Waals surface area contributed by atoms with Crippen LogP contribution in [0.5, 0.6) is 5.75 Å². The molecule has 3 nitrogen and oxygen atoms in total. The molecule has 2 aromatic rings. The topological polar surface area (TPSA) is 47.3 Å². The maximum Gasteiger partial charge on any atom is 0.128 e. The molecule has 0 unspecified atom stereocenters. The Morgan fingerprint density at radius 1 is 0.944 bits per heavy atom. The molecule has 3 N–H and O–H groups in total. The first-order valence-corrected chi connectivity index (χ1v) is 5.24. The molecule has 5 heteroatoms. The first-order chi connectivity index (χ1) is 8.56. The highest BCUT2D eigenvalue weighted by Gasteiger charge is 2.03. The number of benzene rings is 2. The zero-order valence-electron chi connectivity index (χ0n) is 9.71. The Balaban J connectivity index is 2.30. The van der Waals surface area contributed by atoms with Crippen LogP contribution in [-0.4, -0.2) is 7.11 Å². The van der Waals surface area contributed by atoms with Crippen molar-refractivity contribution in [1.29, 1.82) is 0 Å². The van der Waals surface area contributed by atoms with Gasteiger partial charge in [0.25, 0.3) is 0 Å². The van der Waals surface area contributed by atoms with Gasteiger partial charge in [-0.1, -0.05) is 0 Å². The van der Waals surface area contributed by atoms with E-state index in [9.17, 15) is 8.78 Å². The Bertz CT molecular complexity index is 553. The second-order valence-electron chi connectivity index (χ2n) is 3.78. The molecule has 0 saturated carbocycles. The Kier molecular flexibility index (Phi) is 3.32. The molecule has 0 amide bonds. The molecule has 0 aliphatic heterocycles. The molecule has 0 heterocycles. The summed E-state index contributed by atoms with van der Waals surface area (Å²) >= 11 is 0. The lowest BCUT2D eigenvalue weighted by molar-refractivity contribution is 0.415. The fourth-order valence-electron chi connectivity index (χ4n) is 1.60. The molecule has 94 valence electrons. The molecule has 0 saturated heterocycles. The van der Waals surface area contributed by atoms with E-state index in [2.05, 4.69) is 5.32 Å². The molecule has 0 aliphatic carbocycles. The number of ether oxygens (including phenoxy) is 1. The van der Waals surface area contributed by atoms with Gasteiger partial charge in [-0.15, -0.1) is 0 Å². The van der Waals surface area contributed by atoms with E-state index < -0.39 is 11.6 Å². The number of nitrogens with one attached hydrogen (secondary N) is 1. The number of rotatable bonds is 3. The third-order valence-corrected chi connectivity index (χ3v) is 2.32. The van der Waals surface area contributed by atoms with Crippen LogP contribution in [0.15, 0.2) is 36.4 Å². The van der Waals surface area contributed by atoms with Gasteiger partial charge >= 0.3 is 0 Å². The van der Waals surface area contributed by atoms with Gasteiger partial charge in [-0.25, -0.2) is 8.78 Å². The molecule has 0 aromatic heterocycles. The minimum absolute atomic E-state index is 0.306. The van der Waals surface area contributed by atoms with E-state index in [-0.39, 0.29) is 0 Å². The lowest BCUT2D eigenvalue weighted by atomic mass is 10.2. The Labute approximate surface area is 103 Å². The zero-order valence-corrected chi connectivity index (χ0v) is 9.71. The van der Waals surface area contributed by atoms with Crippen LogP contribution in [0, 0.1) is 11.6 Å². The van der Waals surface area contributed by atoms with Crippen molar-refractivity contribution in [3.63, 3.8) is 0 Å². The molecule has 2 rings (SSSR count). The van der Waals surface area contributed by atoms with Crippen molar-refractivity contribution >= 4 is 17.1 Å². The van der Waals surface area contributed by atoms with Crippen LogP contribution in [0.25, 0.3) is 0 Å². The van der Waals surface area contributed by atoms with Gasteiger partial charge in [-0.05, 0) is 18.2 Å². The Morgan fingerprint density at radius 2 is 1.56 bits per heavy atom. The van der Waals surface area contributed by atoms with E-state index in [1.165, 1.54) is 19.2 Å². The highest BCUT2D eigenvalue weighted by Crippen LogP contribution is 2.25. The van der Waals surface area contributed by atoms with Crippen molar-refractivity contribution in [1.82, 2.24) is 0 Å². The number of nitrogens with two attached hydrogens (primary N) is 1. The molecule has 0 aliphatic rings. The van der Waals surface area contributed by atoms with Gasteiger partial charge in [0.05, 0.1) is 7.11 Å². The van der Waals surface area contributed by atoms with Crippen LogP contribution in [0.4, 0.5) is 25.8 Å². The first-order valence-electron chi connectivity index (χ1n) is 5.24. The highest BCUT2D eigenvalue weighted by atomic mass is 19.1. The SMILES string of the molecule is COc1cc(N)cc(Nc2cc(F)cc(F)c2)c1. The summed E-state index contributed by atoms with van der Waals surface area (Å²) in [4.78, 5) is 0. The second-order valence-corrected chi connectivity index (χ2v) is 3.78. The smallest absolute Gasteiger partial charge is 0.128 e. The third-order valence-electron chi connectivity index (χ3n) is 2.32.